The van der Waals surface area contributed by atoms with E-state index >= 15 is 0 Å². The maximum Gasteiger partial charge on any atom is 0.222 e. The molecule has 6 nitrogen and oxygen atoms in total. The van der Waals surface area contributed by atoms with Gasteiger partial charge in [-0.3, -0.25) is 9.59 Å². The van der Waals surface area contributed by atoms with Gasteiger partial charge in [-0.25, -0.2) is 17.5 Å². The molecule has 1 heterocycles. The number of amides is 1. The molecule has 0 spiro atoms. The van der Waals surface area contributed by atoms with Gasteiger partial charge in [0.25, 0.3) is 0 Å². The molecule has 1 amide bonds. The molecule has 8 heteroatoms. The van der Waals surface area contributed by atoms with Crippen LogP contribution in [-0.4, -0.2) is 49.9 Å². The summed E-state index contributed by atoms with van der Waals surface area (Å²) in [6.07, 6.45) is 1.31. The number of halogens is 1. The Morgan fingerprint density at radius 3 is 2.55 bits per heavy atom. The highest BCUT2D eigenvalue weighted by molar-refractivity contribution is 7.90. The number of likely N-dealkylation sites (tertiary alicyclic amines) is 1. The van der Waals surface area contributed by atoms with Crippen LogP contribution in [0, 0.1) is 12.7 Å². The molecular weight excluding hydrogens is 419 g/mol. The molecule has 0 radical (unpaired) electrons. The molecule has 1 atom stereocenters. The van der Waals surface area contributed by atoms with Gasteiger partial charge in [-0.05, 0) is 48.6 Å². The summed E-state index contributed by atoms with van der Waals surface area (Å²) >= 11 is 0. The number of sulfonamides is 1. The first kappa shape index (κ1) is 23.1. The van der Waals surface area contributed by atoms with Crippen LogP contribution in [0.15, 0.2) is 42.5 Å². The predicted octanol–water partition coefficient (Wildman–Crippen LogP) is 3.30. The summed E-state index contributed by atoms with van der Waals surface area (Å²) in [5.74, 6) is -1.38. The molecule has 0 aromatic heterocycles. The monoisotopic (exact) mass is 446 g/mol. The van der Waals surface area contributed by atoms with E-state index in [1.165, 1.54) is 6.07 Å². The van der Waals surface area contributed by atoms with Crippen molar-refractivity contribution in [3.8, 4) is 11.1 Å². The third kappa shape index (κ3) is 5.37. The van der Waals surface area contributed by atoms with E-state index in [1.54, 1.807) is 24.8 Å². The van der Waals surface area contributed by atoms with Gasteiger partial charge < -0.3 is 4.90 Å². The van der Waals surface area contributed by atoms with Gasteiger partial charge in [-0.2, -0.15) is 0 Å². The van der Waals surface area contributed by atoms with Crippen molar-refractivity contribution < 1.29 is 22.4 Å². The van der Waals surface area contributed by atoms with Crippen LogP contribution in [0.1, 0.15) is 42.1 Å². The molecule has 3 rings (SSSR count). The van der Waals surface area contributed by atoms with Crippen molar-refractivity contribution in [3.63, 3.8) is 0 Å². The van der Waals surface area contributed by atoms with Gasteiger partial charge in [-0.1, -0.05) is 37.3 Å². The third-order valence-corrected chi connectivity index (χ3v) is 7.38. The molecule has 1 N–H and O–H groups in total. The lowest BCUT2D eigenvalue weighted by Gasteiger charge is -2.32. The van der Waals surface area contributed by atoms with Crippen LogP contribution in [-0.2, 0) is 14.8 Å². The smallest absolute Gasteiger partial charge is 0.222 e. The van der Waals surface area contributed by atoms with E-state index in [9.17, 15) is 22.4 Å². The second-order valence-electron chi connectivity index (χ2n) is 7.77. The fourth-order valence-electron chi connectivity index (χ4n) is 3.79. The molecule has 1 fully saturated rings. The summed E-state index contributed by atoms with van der Waals surface area (Å²) in [5.41, 5.74) is 1.69. The Kier molecular flexibility index (Phi) is 7.23. The van der Waals surface area contributed by atoms with Crippen LogP contribution in [0.25, 0.3) is 11.1 Å². The van der Waals surface area contributed by atoms with Crippen LogP contribution < -0.4 is 4.72 Å². The van der Waals surface area contributed by atoms with E-state index in [-0.39, 0.29) is 18.0 Å². The number of ketones is 1. The molecule has 1 aliphatic heterocycles. The Balaban J connectivity index is 1.74. The fraction of sp³-hybridized carbons (Fsp3) is 0.391. The lowest BCUT2D eigenvalue weighted by atomic mass is 9.98. The summed E-state index contributed by atoms with van der Waals surface area (Å²) in [6.45, 7) is 3.41. The zero-order valence-electron chi connectivity index (χ0n) is 17.7. The van der Waals surface area contributed by atoms with Crippen LogP contribution >= 0.6 is 0 Å². The van der Waals surface area contributed by atoms with Crippen molar-refractivity contribution in [2.24, 2.45) is 0 Å². The normalized spacial score (nSPS) is 16.9. The highest BCUT2D eigenvalue weighted by Crippen LogP contribution is 2.25. The largest absolute Gasteiger partial charge is 0.341 e. The van der Waals surface area contributed by atoms with Gasteiger partial charge in [0.05, 0.1) is 17.4 Å². The second-order valence-corrected chi connectivity index (χ2v) is 9.81. The first-order chi connectivity index (χ1) is 14.7. The maximum absolute atomic E-state index is 14.7. The number of carbonyl (C=O) groups excluding carboxylic acids is 2. The molecular formula is C23H27FN2O4S. The van der Waals surface area contributed by atoms with Gasteiger partial charge in [-0.15, -0.1) is 0 Å². The Labute approximate surface area is 182 Å². The van der Waals surface area contributed by atoms with Crippen molar-refractivity contribution in [2.75, 3.05) is 19.6 Å². The van der Waals surface area contributed by atoms with Crippen molar-refractivity contribution in [1.29, 1.82) is 0 Å². The summed E-state index contributed by atoms with van der Waals surface area (Å²) in [6, 6.07) is 12.4. The number of nitrogens with one attached hydrogen (secondary N) is 1. The molecule has 0 saturated carbocycles. The van der Waals surface area contributed by atoms with Crippen LogP contribution in [0.4, 0.5) is 4.39 Å². The topological polar surface area (TPSA) is 83.6 Å². The van der Waals surface area contributed by atoms with Crippen LogP contribution in [0.3, 0.4) is 0 Å². The van der Waals surface area contributed by atoms with Crippen molar-refractivity contribution >= 4 is 21.7 Å². The Morgan fingerprint density at radius 2 is 1.87 bits per heavy atom. The number of carbonyl (C=O) groups is 2. The first-order valence-corrected chi connectivity index (χ1v) is 11.9. The summed E-state index contributed by atoms with van der Waals surface area (Å²) in [4.78, 5) is 26.2. The fourth-order valence-corrected chi connectivity index (χ4v) is 5.21. The summed E-state index contributed by atoms with van der Waals surface area (Å²) in [7, 11) is -3.83. The maximum atomic E-state index is 14.7. The number of hydrogen-bond acceptors (Lipinski definition) is 4. The number of piperidine rings is 1. The van der Waals surface area contributed by atoms with Crippen LogP contribution in [0.2, 0.25) is 0 Å². The highest BCUT2D eigenvalue weighted by Gasteiger charge is 2.32. The quantitative estimate of drug-likeness (QED) is 0.662. The van der Waals surface area contributed by atoms with E-state index in [2.05, 4.69) is 4.72 Å². The van der Waals surface area contributed by atoms with E-state index in [0.717, 1.165) is 5.56 Å². The lowest BCUT2D eigenvalue weighted by Crippen LogP contribution is -2.49. The number of rotatable bonds is 7. The van der Waals surface area contributed by atoms with Crippen molar-refractivity contribution in [3.05, 3.63) is 59.4 Å². The minimum absolute atomic E-state index is 0.0914. The zero-order chi connectivity index (χ0) is 22.6. The van der Waals surface area contributed by atoms with Gasteiger partial charge in [0.15, 0.2) is 5.78 Å². The van der Waals surface area contributed by atoms with Crippen molar-refractivity contribution in [2.45, 2.75) is 38.4 Å². The number of Topliss-reactive ketones (excluding diaryl/α,β-unsaturated/α-hetero) is 1. The lowest BCUT2D eigenvalue weighted by molar-refractivity contribution is -0.131. The van der Waals surface area contributed by atoms with Gasteiger partial charge in [0, 0.05) is 19.5 Å². The number of nitrogens with zero attached hydrogens (tertiary/aromatic N) is 1. The van der Waals surface area contributed by atoms with Gasteiger partial charge >= 0.3 is 0 Å². The minimum atomic E-state index is -3.83. The molecule has 1 saturated heterocycles. The average Bonchev–Trinajstić information content (AvgIpc) is 2.79. The summed E-state index contributed by atoms with van der Waals surface area (Å²) < 4.78 is 42.4. The number of aryl methyl sites for hydroxylation is 1. The molecule has 1 aliphatic rings. The predicted molar refractivity (Wildman–Crippen MR) is 118 cm³/mol. The SMILES string of the molecule is CCC(=O)N1CCCC(S(=O)(=O)NCC(=O)c2cc(-c3ccccc3)cc(C)c2F)C1. The number of benzene rings is 2. The molecule has 0 aliphatic carbocycles. The molecule has 31 heavy (non-hydrogen) atoms. The molecule has 166 valence electrons. The van der Waals surface area contributed by atoms with Gasteiger partial charge in [0.2, 0.25) is 15.9 Å². The van der Waals surface area contributed by atoms with E-state index in [4.69, 9.17) is 0 Å². The Hall–Kier alpha value is -2.58. The highest BCUT2D eigenvalue weighted by atomic mass is 32.2. The van der Waals surface area contributed by atoms with Gasteiger partial charge in [0.1, 0.15) is 5.82 Å². The second kappa shape index (κ2) is 9.70. The van der Waals surface area contributed by atoms with E-state index in [0.29, 0.717) is 36.9 Å². The first-order valence-electron chi connectivity index (χ1n) is 10.4. The Bertz CT molecular complexity index is 1070. The third-order valence-electron chi connectivity index (χ3n) is 5.57. The summed E-state index contributed by atoms with van der Waals surface area (Å²) in [5, 5.41) is -0.785. The molecule has 2 aromatic rings. The molecule has 0 bridgehead atoms. The van der Waals surface area contributed by atoms with E-state index < -0.39 is 33.4 Å². The average molecular weight is 447 g/mol. The van der Waals surface area contributed by atoms with Crippen molar-refractivity contribution in [1.82, 2.24) is 9.62 Å². The Morgan fingerprint density at radius 1 is 1.16 bits per heavy atom. The van der Waals surface area contributed by atoms with Crippen LogP contribution in [0.5, 0.6) is 0 Å². The number of hydrogen-bond donors (Lipinski definition) is 1. The minimum Gasteiger partial charge on any atom is -0.341 e. The molecule has 2 aromatic carbocycles. The molecule has 1 unspecified atom stereocenters. The standard InChI is InChI=1S/C23H27FN2O4S/c1-3-22(28)26-11-7-10-19(15-26)31(29,30)25-14-21(27)20-13-18(12-16(2)23(20)24)17-8-5-4-6-9-17/h4-6,8-9,12-13,19,25H,3,7,10-11,14-15H2,1-2H3. The zero-order valence-corrected chi connectivity index (χ0v) is 18.5. The van der Waals surface area contributed by atoms with E-state index in [1.807, 2.05) is 30.3 Å².